The lowest BCUT2D eigenvalue weighted by Gasteiger charge is -2.07. The molecule has 0 saturated carbocycles. The van der Waals surface area contributed by atoms with Gasteiger partial charge in [0.2, 0.25) is 12.7 Å². The Labute approximate surface area is 111 Å². The van der Waals surface area contributed by atoms with Crippen LogP contribution in [-0.2, 0) is 6.54 Å². The third-order valence-electron chi connectivity index (χ3n) is 2.88. The van der Waals surface area contributed by atoms with E-state index in [-0.39, 0.29) is 0 Å². The number of hydrogen-bond acceptors (Lipinski definition) is 5. The third-order valence-corrected chi connectivity index (χ3v) is 2.88. The van der Waals surface area contributed by atoms with Crippen molar-refractivity contribution in [2.24, 2.45) is 0 Å². The summed E-state index contributed by atoms with van der Waals surface area (Å²) in [6.07, 6.45) is 1.79. The van der Waals surface area contributed by atoms with Crippen LogP contribution in [0.1, 0.15) is 5.56 Å². The average Bonchev–Trinajstić information content (AvgIpc) is 2.93. The van der Waals surface area contributed by atoms with Crippen molar-refractivity contribution in [2.45, 2.75) is 6.54 Å². The number of nitrogens with one attached hydrogen (secondary N) is 1. The van der Waals surface area contributed by atoms with E-state index in [1.165, 1.54) is 0 Å². The molecule has 5 nitrogen and oxygen atoms in total. The summed E-state index contributed by atoms with van der Waals surface area (Å²) in [6, 6.07) is 9.61. The number of ether oxygens (including phenoxy) is 3. The maximum atomic E-state index is 5.33. The van der Waals surface area contributed by atoms with Crippen LogP contribution in [0.5, 0.6) is 17.4 Å². The molecule has 1 aromatic heterocycles. The van der Waals surface area contributed by atoms with Gasteiger partial charge in [0, 0.05) is 30.6 Å². The molecule has 0 saturated heterocycles. The Bertz CT molecular complexity index is 569. The molecule has 3 rings (SSSR count). The van der Waals surface area contributed by atoms with Crippen molar-refractivity contribution >= 4 is 5.69 Å². The average molecular weight is 258 g/mol. The molecule has 0 fully saturated rings. The van der Waals surface area contributed by atoms with Gasteiger partial charge in [-0.25, -0.2) is 4.98 Å². The number of benzene rings is 1. The molecule has 0 unspecified atom stereocenters. The molecule has 1 N–H and O–H groups in total. The van der Waals surface area contributed by atoms with Gasteiger partial charge in [0.1, 0.15) is 0 Å². The van der Waals surface area contributed by atoms with Gasteiger partial charge in [-0.3, -0.25) is 0 Å². The normalized spacial score (nSPS) is 12.3. The maximum absolute atomic E-state index is 5.33. The molecule has 2 heterocycles. The first-order valence-electron chi connectivity index (χ1n) is 5.97. The van der Waals surface area contributed by atoms with Crippen LogP contribution >= 0.6 is 0 Å². The summed E-state index contributed by atoms with van der Waals surface area (Å²) in [4.78, 5) is 4.16. The van der Waals surface area contributed by atoms with Crippen LogP contribution in [0.2, 0.25) is 0 Å². The first-order chi connectivity index (χ1) is 9.35. The Morgan fingerprint density at radius 1 is 1.21 bits per heavy atom. The highest BCUT2D eigenvalue weighted by Gasteiger charge is 2.12. The van der Waals surface area contributed by atoms with E-state index in [2.05, 4.69) is 10.3 Å². The summed E-state index contributed by atoms with van der Waals surface area (Å²) < 4.78 is 15.6. The first kappa shape index (κ1) is 11.6. The minimum absolute atomic E-state index is 0.293. The number of rotatable bonds is 4. The molecule has 19 heavy (non-hydrogen) atoms. The van der Waals surface area contributed by atoms with E-state index >= 15 is 0 Å². The fourth-order valence-electron chi connectivity index (χ4n) is 1.85. The standard InChI is InChI=1S/C14H14N2O3/c1-17-14-5-2-10(8-16-14)7-15-11-3-4-12-13(6-11)19-9-18-12/h2-6,8,15H,7,9H2,1H3. The predicted molar refractivity (Wildman–Crippen MR) is 70.7 cm³/mol. The van der Waals surface area contributed by atoms with Crippen molar-refractivity contribution < 1.29 is 14.2 Å². The van der Waals surface area contributed by atoms with E-state index in [1.54, 1.807) is 13.3 Å². The molecular weight excluding hydrogens is 244 g/mol. The van der Waals surface area contributed by atoms with Crippen LogP contribution in [0, 0.1) is 0 Å². The van der Waals surface area contributed by atoms with Crippen LogP contribution < -0.4 is 19.5 Å². The van der Waals surface area contributed by atoms with E-state index in [1.807, 2.05) is 30.3 Å². The van der Waals surface area contributed by atoms with Gasteiger partial charge in [-0.1, -0.05) is 6.07 Å². The van der Waals surface area contributed by atoms with Crippen molar-refractivity contribution in [3.63, 3.8) is 0 Å². The van der Waals surface area contributed by atoms with Crippen LogP contribution in [0.3, 0.4) is 0 Å². The highest BCUT2D eigenvalue weighted by atomic mass is 16.7. The fourth-order valence-corrected chi connectivity index (χ4v) is 1.85. The minimum Gasteiger partial charge on any atom is -0.481 e. The molecular formula is C14H14N2O3. The van der Waals surface area contributed by atoms with Crippen LogP contribution in [0.25, 0.3) is 0 Å². The number of anilines is 1. The van der Waals surface area contributed by atoms with E-state index < -0.39 is 0 Å². The monoisotopic (exact) mass is 258 g/mol. The van der Waals surface area contributed by atoms with Gasteiger partial charge in [0.05, 0.1) is 7.11 Å². The molecule has 0 amide bonds. The molecule has 1 aromatic carbocycles. The summed E-state index contributed by atoms with van der Waals surface area (Å²) in [5.74, 6) is 2.18. The van der Waals surface area contributed by atoms with Crippen molar-refractivity contribution in [1.29, 1.82) is 0 Å². The Morgan fingerprint density at radius 2 is 2.11 bits per heavy atom. The molecule has 2 aromatic rings. The zero-order valence-electron chi connectivity index (χ0n) is 10.6. The summed E-state index contributed by atoms with van der Waals surface area (Å²) in [5.41, 5.74) is 2.07. The quantitative estimate of drug-likeness (QED) is 0.912. The van der Waals surface area contributed by atoms with Crippen LogP contribution in [-0.4, -0.2) is 18.9 Å². The number of aromatic nitrogens is 1. The predicted octanol–water partition coefficient (Wildman–Crippen LogP) is 2.43. The number of pyridine rings is 1. The molecule has 98 valence electrons. The van der Waals surface area contributed by atoms with Crippen molar-refractivity contribution in [3.05, 3.63) is 42.1 Å². The second-order valence-corrected chi connectivity index (χ2v) is 4.13. The van der Waals surface area contributed by atoms with Crippen LogP contribution in [0.4, 0.5) is 5.69 Å². The van der Waals surface area contributed by atoms with Gasteiger partial charge in [0.15, 0.2) is 11.5 Å². The fraction of sp³-hybridized carbons (Fsp3) is 0.214. The second kappa shape index (κ2) is 5.06. The smallest absolute Gasteiger partial charge is 0.231 e. The van der Waals surface area contributed by atoms with E-state index in [0.717, 1.165) is 22.7 Å². The molecule has 1 aliphatic rings. The summed E-state index contributed by atoms with van der Waals surface area (Å²) >= 11 is 0. The lowest BCUT2D eigenvalue weighted by molar-refractivity contribution is 0.174. The zero-order chi connectivity index (χ0) is 13.1. The van der Waals surface area contributed by atoms with Gasteiger partial charge in [-0.15, -0.1) is 0 Å². The Balaban J connectivity index is 1.65. The minimum atomic E-state index is 0.293. The third kappa shape index (κ3) is 2.54. The zero-order valence-corrected chi connectivity index (χ0v) is 10.6. The van der Waals surface area contributed by atoms with Gasteiger partial charge >= 0.3 is 0 Å². The summed E-state index contributed by atoms with van der Waals surface area (Å²) in [5, 5.41) is 3.31. The van der Waals surface area contributed by atoms with Crippen molar-refractivity contribution in [1.82, 2.24) is 4.98 Å². The van der Waals surface area contributed by atoms with Gasteiger partial charge in [0.25, 0.3) is 0 Å². The highest BCUT2D eigenvalue weighted by Crippen LogP contribution is 2.34. The van der Waals surface area contributed by atoms with E-state index in [9.17, 15) is 0 Å². The molecule has 0 spiro atoms. The second-order valence-electron chi connectivity index (χ2n) is 4.13. The van der Waals surface area contributed by atoms with E-state index in [4.69, 9.17) is 14.2 Å². The Kier molecular flexibility index (Phi) is 3.10. The Morgan fingerprint density at radius 3 is 2.89 bits per heavy atom. The summed E-state index contributed by atoms with van der Waals surface area (Å²) in [7, 11) is 1.60. The first-order valence-corrected chi connectivity index (χ1v) is 5.97. The summed E-state index contributed by atoms with van der Waals surface area (Å²) in [6.45, 7) is 0.984. The molecule has 0 atom stereocenters. The van der Waals surface area contributed by atoms with Crippen molar-refractivity contribution in [2.75, 3.05) is 19.2 Å². The number of methoxy groups -OCH3 is 1. The molecule has 0 bridgehead atoms. The maximum Gasteiger partial charge on any atom is 0.231 e. The SMILES string of the molecule is COc1ccc(CNc2ccc3c(c2)OCO3)cn1. The number of hydrogen-bond donors (Lipinski definition) is 1. The molecule has 0 radical (unpaired) electrons. The lowest BCUT2D eigenvalue weighted by atomic mass is 10.2. The molecule has 5 heteroatoms. The largest absolute Gasteiger partial charge is 0.481 e. The number of nitrogens with zero attached hydrogens (tertiary/aromatic N) is 1. The van der Waals surface area contributed by atoms with Crippen molar-refractivity contribution in [3.8, 4) is 17.4 Å². The van der Waals surface area contributed by atoms with Crippen LogP contribution in [0.15, 0.2) is 36.5 Å². The topological polar surface area (TPSA) is 52.6 Å². The number of fused-ring (bicyclic) bond motifs is 1. The Hall–Kier alpha value is -2.43. The van der Waals surface area contributed by atoms with E-state index in [0.29, 0.717) is 19.2 Å². The lowest BCUT2D eigenvalue weighted by Crippen LogP contribution is -2.00. The highest BCUT2D eigenvalue weighted by molar-refractivity contribution is 5.55. The van der Waals surface area contributed by atoms with Gasteiger partial charge in [-0.2, -0.15) is 0 Å². The van der Waals surface area contributed by atoms with Gasteiger partial charge in [-0.05, 0) is 17.7 Å². The van der Waals surface area contributed by atoms with Gasteiger partial charge < -0.3 is 19.5 Å². The molecule has 0 aliphatic carbocycles. The molecule has 1 aliphatic heterocycles.